The van der Waals surface area contributed by atoms with Crippen LogP contribution < -0.4 is 0 Å². The second kappa shape index (κ2) is 7.57. The van der Waals surface area contributed by atoms with Gasteiger partial charge >= 0.3 is 0 Å². The molecule has 0 amide bonds. The number of allylic oxidation sites excluding steroid dienone is 2. The van der Waals surface area contributed by atoms with Gasteiger partial charge in [0.25, 0.3) is 0 Å². The third-order valence-electron chi connectivity index (χ3n) is 5.74. The van der Waals surface area contributed by atoms with Gasteiger partial charge in [0, 0.05) is 35.1 Å². The summed E-state index contributed by atoms with van der Waals surface area (Å²) in [6.45, 7) is 0. The molecule has 0 heterocycles. The molecule has 4 aromatic carbocycles. The van der Waals surface area contributed by atoms with Crippen molar-refractivity contribution in [3.8, 4) is 0 Å². The quantitative estimate of drug-likeness (QED) is 0.430. The second-order valence-electron chi connectivity index (χ2n) is 7.69. The van der Waals surface area contributed by atoms with Crippen LogP contribution in [0, 0.1) is 0 Å². The molecule has 1 aliphatic carbocycles. The number of Topliss-reactive ketones (excluding diaryl/α,β-unsaturated/α-hetero) is 2. The van der Waals surface area contributed by atoms with Crippen LogP contribution in [0.15, 0.2) is 108 Å². The van der Waals surface area contributed by atoms with E-state index in [1.54, 1.807) is 0 Å². The van der Waals surface area contributed by atoms with E-state index in [0.717, 1.165) is 21.9 Å². The Labute approximate surface area is 175 Å². The maximum absolute atomic E-state index is 13.6. The Kier molecular flexibility index (Phi) is 4.61. The van der Waals surface area contributed by atoms with E-state index in [9.17, 15) is 9.59 Å². The molecule has 0 fully saturated rings. The van der Waals surface area contributed by atoms with Crippen molar-refractivity contribution < 1.29 is 9.59 Å². The topological polar surface area (TPSA) is 34.1 Å². The first-order valence-electron chi connectivity index (χ1n) is 10.1. The number of hydrogen-bond donors (Lipinski definition) is 0. The summed E-state index contributed by atoms with van der Waals surface area (Å²) in [5.74, 6) is -0.0738. The molecule has 30 heavy (non-hydrogen) atoms. The van der Waals surface area contributed by atoms with Gasteiger partial charge in [0.05, 0.1) is 0 Å². The van der Waals surface area contributed by atoms with Crippen molar-refractivity contribution in [1.82, 2.24) is 0 Å². The molecule has 0 aromatic heterocycles. The van der Waals surface area contributed by atoms with Crippen LogP contribution in [0.2, 0.25) is 0 Å². The lowest BCUT2D eigenvalue weighted by atomic mass is 9.78. The van der Waals surface area contributed by atoms with Crippen molar-refractivity contribution in [2.45, 2.75) is 12.8 Å². The minimum Gasteiger partial charge on any atom is -0.289 e. The van der Waals surface area contributed by atoms with Gasteiger partial charge in [0.2, 0.25) is 0 Å². The largest absolute Gasteiger partial charge is 0.289 e. The molecule has 0 atom stereocenters. The average Bonchev–Trinajstić information content (AvgIpc) is 2.80. The molecule has 4 aromatic rings. The number of benzene rings is 4. The van der Waals surface area contributed by atoms with Gasteiger partial charge in [-0.15, -0.1) is 0 Å². The number of rotatable bonds is 4. The van der Waals surface area contributed by atoms with Crippen LogP contribution in [0.3, 0.4) is 0 Å². The number of ketones is 2. The van der Waals surface area contributed by atoms with E-state index in [4.69, 9.17) is 0 Å². The lowest BCUT2D eigenvalue weighted by molar-refractivity contribution is 0.0971. The predicted molar refractivity (Wildman–Crippen MR) is 120 cm³/mol. The van der Waals surface area contributed by atoms with E-state index in [1.165, 1.54) is 0 Å². The van der Waals surface area contributed by atoms with Gasteiger partial charge < -0.3 is 0 Å². The fourth-order valence-corrected chi connectivity index (χ4v) is 4.19. The predicted octanol–water partition coefficient (Wildman–Crippen LogP) is 6.00. The minimum atomic E-state index is -0.0369. The minimum absolute atomic E-state index is 0.0369. The third kappa shape index (κ3) is 3.27. The SMILES string of the molecule is O=C1C(Cc2ccccc2)=C(Cc2ccccc2)C(=O)c2cc3ccccc3cc21. The molecular formula is C28H20O2. The van der Waals surface area contributed by atoms with Gasteiger partial charge in [-0.25, -0.2) is 0 Å². The Bertz CT molecular complexity index is 1200. The highest BCUT2D eigenvalue weighted by Gasteiger charge is 2.32. The maximum Gasteiger partial charge on any atom is 0.190 e. The smallest absolute Gasteiger partial charge is 0.190 e. The first-order chi connectivity index (χ1) is 14.7. The molecule has 0 bridgehead atoms. The summed E-state index contributed by atoms with van der Waals surface area (Å²) in [5, 5.41) is 1.95. The summed E-state index contributed by atoms with van der Waals surface area (Å²) >= 11 is 0. The number of carbonyl (C=O) groups is 2. The van der Waals surface area contributed by atoms with E-state index in [-0.39, 0.29) is 11.6 Å². The third-order valence-corrected chi connectivity index (χ3v) is 5.74. The van der Waals surface area contributed by atoms with E-state index in [0.29, 0.717) is 35.1 Å². The van der Waals surface area contributed by atoms with Crippen LogP contribution in [0.4, 0.5) is 0 Å². The zero-order valence-corrected chi connectivity index (χ0v) is 16.5. The van der Waals surface area contributed by atoms with Crippen molar-refractivity contribution in [3.63, 3.8) is 0 Å². The van der Waals surface area contributed by atoms with E-state index in [2.05, 4.69) is 0 Å². The molecule has 0 saturated carbocycles. The number of fused-ring (bicyclic) bond motifs is 2. The number of carbonyl (C=O) groups excluding carboxylic acids is 2. The van der Waals surface area contributed by atoms with Gasteiger partial charge in [-0.2, -0.15) is 0 Å². The molecule has 2 nitrogen and oxygen atoms in total. The van der Waals surface area contributed by atoms with Crippen molar-refractivity contribution in [2.75, 3.05) is 0 Å². The average molecular weight is 388 g/mol. The fraction of sp³-hybridized carbons (Fsp3) is 0.0714. The summed E-state index contributed by atoms with van der Waals surface area (Å²) < 4.78 is 0. The van der Waals surface area contributed by atoms with Gasteiger partial charge in [-0.05, 0) is 34.0 Å². The summed E-state index contributed by atoms with van der Waals surface area (Å²) in [6, 6.07) is 31.4. The molecule has 0 spiro atoms. The number of hydrogen-bond acceptors (Lipinski definition) is 2. The Morgan fingerprint density at radius 2 is 0.833 bits per heavy atom. The Morgan fingerprint density at radius 1 is 0.467 bits per heavy atom. The lowest BCUT2D eigenvalue weighted by Gasteiger charge is -2.22. The molecule has 0 N–H and O–H groups in total. The highest BCUT2D eigenvalue weighted by molar-refractivity contribution is 6.28. The maximum atomic E-state index is 13.6. The van der Waals surface area contributed by atoms with Crippen LogP contribution in [0.25, 0.3) is 10.8 Å². The Hall–Kier alpha value is -3.78. The summed E-state index contributed by atoms with van der Waals surface area (Å²) in [4.78, 5) is 27.2. The fourth-order valence-electron chi connectivity index (χ4n) is 4.19. The van der Waals surface area contributed by atoms with Crippen molar-refractivity contribution in [1.29, 1.82) is 0 Å². The zero-order valence-electron chi connectivity index (χ0n) is 16.5. The molecule has 1 aliphatic rings. The standard InChI is InChI=1S/C28H20O2/c29-27-23(15-19-9-3-1-4-10-19)24(16-20-11-5-2-6-12-20)28(30)26-18-22-14-8-7-13-21(22)17-25(26)27/h1-14,17-18H,15-16H2. The molecular weight excluding hydrogens is 368 g/mol. The molecule has 5 rings (SSSR count). The molecule has 144 valence electrons. The van der Waals surface area contributed by atoms with E-state index >= 15 is 0 Å². The molecule has 0 aliphatic heterocycles. The first-order valence-corrected chi connectivity index (χ1v) is 10.1. The summed E-state index contributed by atoms with van der Waals surface area (Å²) in [6.07, 6.45) is 0.916. The molecule has 2 heteroatoms. The Morgan fingerprint density at radius 3 is 1.23 bits per heavy atom. The lowest BCUT2D eigenvalue weighted by Crippen LogP contribution is -2.24. The zero-order chi connectivity index (χ0) is 20.5. The van der Waals surface area contributed by atoms with Gasteiger partial charge in [-0.3, -0.25) is 9.59 Å². The first kappa shape index (κ1) is 18.3. The molecule has 0 unspecified atom stereocenters. The van der Waals surface area contributed by atoms with Crippen LogP contribution in [0.1, 0.15) is 31.8 Å². The Balaban J connectivity index is 1.67. The van der Waals surface area contributed by atoms with Crippen LogP contribution in [-0.4, -0.2) is 11.6 Å². The van der Waals surface area contributed by atoms with Gasteiger partial charge in [0.1, 0.15) is 0 Å². The highest BCUT2D eigenvalue weighted by Crippen LogP contribution is 2.33. The van der Waals surface area contributed by atoms with Crippen molar-refractivity contribution in [2.24, 2.45) is 0 Å². The second-order valence-corrected chi connectivity index (χ2v) is 7.69. The molecule has 0 saturated heterocycles. The molecule has 0 radical (unpaired) electrons. The summed E-state index contributed by atoms with van der Waals surface area (Å²) in [5.41, 5.74) is 4.31. The van der Waals surface area contributed by atoms with Crippen LogP contribution in [0.5, 0.6) is 0 Å². The van der Waals surface area contributed by atoms with E-state index < -0.39 is 0 Å². The highest BCUT2D eigenvalue weighted by atomic mass is 16.1. The monoisotopic (exact) mass is 388 g/mol. The van der Waals surface area contributed by atoms with Crippen molar-refractivity contribution in [3.05, 3.63) is 130 Å². The normalized spacial score (nSPS) is 13.6. The van der Waals surface area contributed by atoms with Crippen molar-refractivity contribution >= 4 is 22.3 Å². The van der Waals surface area contributed by atoms with E-state index in [1.807, 2.05) is 97.1 Å². The summed E-state index contributed by atoms with van der Waals surface area (Å²) in [7, 11) is 0. The van der Waals surface area contributed by atoms with Crippen LogP contribution in [-0.2, 0) is 12.8 Å². The van der Waals surface area contributed by atoms with Crippen LogP contribution >= 0.6 is 0 Å². The van der Waals surface area contributed by atoms with Gasteiger partial charge in [0.15, 0.2) is 11.6 Å². The van der Waals surface area contributed by atoms with Gasteiger partial charge in [-0.1, -0.05) is 84.9 Å².